The molecule has 1 saturated heterocycles. The molecule has 8 heteroatoms. The van der Waals surface area contributed by atoms with Gasteiger partial charge >= 0.3 is 0 Å². The summed E-state index contributed by atoms with van der Waals surface area (Å²) in [7, 11) is 0. The monoisotopic (exact) mass is 324 g/mol. The predicted molar refractivity (Wildman–Crippen MR) is 84.5 cm³/mol. The molecular formula is C15H21FN4O3. The lowest BCUT2D eigenvalue weighted by Crippen LogP contribution is -2.41. The molecule has 3 N–H and O–H groups in total. The lowest BCUT2D eigenvalue weighted by Gasteiger charge is -2.31. The van der Waals surface area contributed by atoms with E-state index in [2.05, 4.69) is 10.2 Å². The number of hydrogen-bond donors (Lipinski definition) is 2. The smallest absolute Gasteiger partial charge is 0.295 e. The van der Waals surface area contributed by atoms with Crippen LogP contribution in [0.25, 0.3) is 0 Å². The molecular weight excluding hydrogens is 303 g/mol. The van der Waals surface area contributed by atoms with E-state index in [1.807, 2.05) is 0 Å². The summed E-state index contributed by atoms with van der Waals surface area (Å²) in [5.74, 6) is -0.974. The molecule has 0 spiro atoms. The number of primary amides is 1. The van der Waals surface area contributed by atoms with E-state index < -0.39 is 10.7 Å². The van der Waals surface area contributed by atoms with Gasteiger partial charge in [-0.25, -0.2) is 4.39 Å². The first-order chi connectivity index (χ1) is 11.0. The van der Waals surface area contributed by atoms with E-state index in [0.29, 0.717) is 18.8 Å². The number of hydrogen-bond acceptors (Lipinski definition) is 5. The molecule has 0 aromatic heterocycles. The average molecular weight is 324 g/mol. The van der Waals surface area contributed by atoms with Crippen LogP contribution in [-0.4, -0.2) is 41.9 Å². The van der Waals surface area contributed by atoms with Crippen LogP contribution in [0, 0.1) is 21.8 Å². The van der Waals surface area contributed by atoms with Gasteiger partial charge in [-0.05, 0) is 44.5 Å². The Labute approximate surface area is 133 Å². The van der Waals surface area contributed by atoms with E-state index in [-0.39, 0.29) is 17.5 Å². The number of rotatable bonds is 7. The summed E-state index contributed by atoms with van der Waals surface area (Å²) in [6.45, 7) is 2.92. The Bertz CT molecular complexity index is 582. The highest BCUT2D eigenvalue weighted by atomic mass is 19.1. The molecule has 2 rings (SSSR count). The first kappa shape index (κ1) is 17.1. The number of anilines is 1. The van der Waals surface area contributed by atoms with E-state index in [9.17, 15) is 19.3 Å². The number of nitro benzene ring substituents is 1. The van der Waals surface area contributed by atoms with Crippen LogP contribution in [-0.2, 0) is 4.79 Å². The summed E-state index contributed by atoms with van der Waals surface area (Å²) in [6.07, 6.45) is 2.55. The second-order valence-corrected chi connectivity index (χ2v) is 5.74. The van der Waals surface area contributed by atoms with Crippen molar-refractivity contribution in [1.29, 1.82) is 0 Å². The molecule has 126 valence electrons. The Hall–Kier alpha value is -2.22. The zero-order valence-corrected chi connectivity index (χ0v) is 12.8. The zero-order chi connectivity index (χ0) is 16.8. The van der Waals surface area contributed by atoms with E-state index in [1.165, 1.54) is 12.1 Å². The summed E-state index contributed by atoms with van der Waals surface area (Å²) in [5.41, 5.74) is 5.39. The Morgan fingerprint density at radius 1 is 1.52 bits per heavy atom. The van der Waals surface area contributed by atoms with Crippen LogP contribution >= 0.6 is 0 Å². The van der Waals surface area contributed by atoms with Crippen LogP contribution in [0.4, 0.5) is 15.8 Å². The highest BCUT2D eigenvalue weighted by Gasteiger charge is 2.23. The number of carbonyl (C=O) groups excluding carboxylic acids is 1. The second-order valence-electron chi connectivity index (χ2n) is 5.74. The van der Waals surface area contributed by atoms with Gasteiger partial charge < -0.3 is 16.0 Å². The van der Waals surface area contributed by atoms with Gasteiger partial charge in [0.15, 0.2) is 0 Å². The lowest BCUT2D eigenvalue weighted by molar-refractivity contribution is -0.384. The maximum atomic E-state index is 13.1. The van der Waals surface area contributed by atoms with E-state index in [1.54, 1.807) is 0 Å². The number of benzene rings is 1. The SMILES string of the molecule is NC(=O)C1CCCN(CCCNc2ccc(F)cc2[N+](=O)[O-])C1. The maximum absolute atomic E-state index is 13.1. The van der Waals surface area contributed by atoms with Crippen LogP contribution in [0.15, 0.2) is 18.2 Å². The van der Waals surface area contributed by atoms with Gasteiger partial charge in [-0.15, -0.1) is 0 Å². The van der Waals surface area contributed by atoms with Crippen molar-refractivity contribution in [2.24, 2.45) is 11.7 Å². The van der Waals surface area contributed by atoms with Crippen LogP contribution in [0.1, 0.15) is 19.3 Å². The normalized spacial score (nSPS) is 18.6. The molecule has 1 fully saturated rings. The quantitative estimate of drug-likeness (QED) is 0.452. The van der Waals surface area contributed by atoms with Crippen molar-refractivity contribution in [2.75, 3.05) is 31.5 Å². The van der Waals surface area contributed by atoms with E-state index in [0.717, 1.165) is 38.4 Å². The number of nitrogens with two attached hydrogens (primary N) is 1. The molecule has 0 saturated carbocycles. The van der Waals surface area contributed by atoms with Crippen LogP contribution in [0.3, 0.4) is 0 Å². The van der Waals surface area contributed by atoms with Gasteiger partial charge in [-0.2, -0.15) is 0 Å². The van der Waals surface area contributed by atoms with Crippen molar-refractivity contribution < 1.29 is 14.1 Å². The number of nitrogens with zero attached hydrogens (tertiary/aromatic N) is 2. The zero-order valence-electron chi connectivity index (χ0n) is 12.8. The Kier molecular flexibility index (Phi) is 5.86. The van der Waals surface area contributed by atoms with Crippen molar-refractivity contribution in [3.05, 3.63) is 34.1 Å². The molecule has 7 nitrogen and oxygen atoms in total. The third-order valence-corrected chi connectivity index (χ3v) is 4.03. The molecule has 1 unspecified atom stereocenters. The number of carbonyl (C=O) groups is 1. The molecule has 1 heterocycles. The fourth-order valence-electron chi connectivity index (χ4n) is 2.82. The van der Waals surface area contributed by atoms with Gasteiger partial charge in [0, 0.05) is 13.1 Å². The maximum Gasteiger partial charge on any atom is 0.295 e. The van der Waals surface area contributed by atoms with Crippen LogP contribution < -0.4 is 11.1 Å². The molecule has 1 atom stereocenters. The molecule has 1 aliphatic heterocycles. The Morgan fingerprint density at radius 3 is 3.00 bits per heavy atom. The van der Waals surface area contributed by atoms with Gasteiger partial charge in [0.25, 0.3) is 5.69 Å². The lowest BCUT2D eigenvalue weighted by atomic mass is 9.97. The van der Waals surface area contributed by atoms with E-state index >= 15 is 0 Å². The topological polar surface area (TPSA) is 102 Å². The van der Waals surface area contributed by atoms with Crippen LogP contribution in [0.2, 0.25) is 0 Å². The third kappa shape index (κ3) is 4.88. The van der Waals surface area contributed by atoms with Crippen LogP contribution in [0.5, 0.6) is 0 Å². The number of piperidine rings is 1. The van der Waals surface area contributed by atoms with Gasteiger partial charge in [-0.1, -0.05) is 0 Å². The van der Waals surface area contributed by atoms with Gasteiger partial charge in [-0.3, -0.25) is 14.9 Å². The minimum atomic E-state index is -0.631. The Morgan fingerprint density at radius 2 is 2.30 bits per heavy atom. The number of nitro groups is 1. The highest BCUT2D eigenvalue weighted by molar-refractivity contribution is 5.76. The number of nitrogens with one attached hydrogen (secondary N) is 1. The summed E-state index contributed by atoms with van der Waals surface area (Å²) < 4.78 is 13.1. The summed E-state index contributed by atoms with van der Waals surface area (Å²) >= 11 is 0. The van der Waals surface area contributed by atoms with E-state index in [4.69, 9.17) is 5.73 Å². The Balaban J connectivity index is 1.79. The summed E-state index contributed by atoms with van der Waals surface area (Å²) in [4.78, 5) is 23.7. The van der Waals surface area contributed by atoms with Gasteiger partial charge in [0.1, 0.15) is 11.5 Å². The molecule has 0 radical (unpaired) electrons. The van der Waals surface area contributed by atoms with Crippen molar-refractivity contribution in [3.8, 4) is 0 Å². The van der Waals surface area contributed by atoms with Crippen molar-refractivity contribution in [3.63, 3.8) is 0 Å². The molecule has 1 aliphatic rings. The van der Waals surface area contributed by atoms with Gasteiger partial charge in [0.2, 0.25) is 5.91 Å². The number of likely N-dealkylation sites (tertiary alicyclic amines) is 1. The molecule has 0 aliphatic carbocycles. The largest absolute Gasteiger partial charge is 0.379 e. The molecule has 1 aromatic rings. The minimum absolute atomic E-state index is 0.0881. The summed E-state index contributed by atoms with van der Waals surface area (Å²) in [6, 6.07) is 3.47. The first-order valence-corrected chi connectivity index (χ1v) is 7.67. The number of halogens is 1. The molecule has 1 aromatic carbocycles. The minimum Gasteiger partial charge on any atom is -0.379 e. The molecule has 23 heavy (non-hydrogen) atoms. The third-order valence-electron chi connectivity index (χ3n) is 4.03. The average Bonchev–Trinajstić information content (AvgIpc) is 2.52. The van der Waals surface area contributed by atoms with Gasteiger partial charge in [0.05, 0.1) is 16.9 Å². The predicted octanol–water partition coefficient (Wildman–Crippen LogP) is 1.73. The second kappa shape index (κ2) is 7.87. The first-order valence-electron chi connectivity index (χ1n) is 7.67. The summed E-state index contributed by atoms with van der Waals surface area (Å²) in [5, 5.41) is 13.9. The fraction of sp³-hybridized carbons (Fsp3) is 0.533. The fourth-order valence-corrected chi connectivity index (χ4v) is 2.82. The standard InChI is InChI=1S/C15H21FN4O3/c16-12-4-5-13(14(9-12)20(22)23)18-6-2-8-19-7-1-3-11(10-19)15(17)21/h4-5,9,11,18H,1-3,6-8,10H2,(H2,17,21). The van der Waals surface area contributed by atoms with Crippen molar-refractivity contribution in [1.82, 2.24) is 4.90 Å². The molecule has 0 bridgehead atoms. The van der Waals surface area contributed by atoms with Crippen molar-refractivity contribution in [2.45, 2.75) is 19.3 Å². The molecule has 1 amide bonds. The number of amides is 1. The highest BCUT2D eigenvalue weighted by Crippen LogP contribution is 2.25. The van der Waals surface area contributed by atoms with Crippen molar-refractivity contribution >= 4 is 17.3 Å².